The standard InChI is InChI=1S/C13H17N3O/c1-10(2)16(6-4-5-14)13-11(3)7-12(9-17)8-15-13/h7-10H,4,6H2,1-3H3. The predicted molar refractivity (Wildman–Crippen MR) is 67.1 cm³/mol. The number of carbonyl (C=O) groups excluding carboxylic acids is 1. The Morgan fingerprint density at radius 2 is 2.29 bits per heavy atom. The number of nitrogens with zero attached hydrogens (tertiary/aromatic N) is 3. The summed E-state index contributed by atoms with van der Waals surface area (Å²) >= 11 is 0. The fourth-order valence-electron chi connectivity index (χ4n) is 1.73. The minimum atomic E-state index is 0.275. The highest BCUT2D eigenvalue weighted by molar-refractivity contribution is 5.75. The van der Waals surface area contributed by atoms with Crippen molar-refractivity contribution in [3.63, 3.8) is 0 Å². The second kappa shape index (κ2) is 6.00. The molecule has 0 atom stereocenters. The van der Waals surface area contributed by atoms with E-state index in [9.17, 15) is 4.79 Å². The Morgan fingerprint density at radius 3 is 2.76 bits per heavy atom. The zero-order valence-corrected chi connectivity index (χ0v) is 10.5. The summed E-state index contributed by atoms with van der Waals surface area (Å²) in [6.07, 6.45) is 2.82. The number of anilines is 1. The molecular weight excluding hydrogens is 214 g/mol. The van der Waals surface area contributed by atoms with Crippen molar-refractivity contribution in [3.05, 3.63) is 23.4 Å². The van der Waals surface area contributed by atoms with Crippen molar-refractivity contribution >= 4 is 12.1 Å². The highest BCUT2D eigenvalue weighted by Gasteiger charge is 2.14. The van der Waals surface area contributed by atoms with E-state index in [2.05, 4.69) is 29.8 Å². The van der Waals surface area contributed by atoms with Crippen LogP contribution in [0.15, 0.2) is 12.3 Å². The van der Waals surface area contributed by atoms with Crippen LogP contribution in [-0.2, 0) is 0 Å². The largest absolute Gasteiger partial charge is 0.353 e. The van der Waals surface area contributed by atoms with Gasteiger partial charge in [0.15, 0.2) is 6.29 Å². The van der Waals surface area contributed by atoms with E-state index in [1.165, 1.54) is 0 Å². The minimum Gasteiger partial charge on any atom is -0.353 e. The van der Waals surface area contributed by atoms with Crippen molar-refractivity contribution in [3.8, 4) is 6.07 Å². The van der Waals surface area contributed by atoms with Crippen molar-refractivity contribution < 1.29 is 4.79 Å². The number of carbonyl (C=O) groups is 1. The molecule has 4 nitrogen and oxygen atoms in total. The number of aldehydes is 1. The maximum atomic E-state index is 10.6. The first kappa shape index (κ1) is 13.2. The normalized spacial score (nSPS) is 10.1. The third kappa shape index (κ3) is 3.28. The van der Waals surface area contributed by atoms with Crippen molar-refractivity contribution in [1.82, 2.24) is 4.98 Å². The van der Waals surface area contributed by atoms with Crippen molar-refractivity contribution in [1.29, 1.82) is 5.26 Å². The molecule has 0 amide bonds. The molecule has 0 aliphatic heterocycles. The van der Waals surface area contributed by atoms with Crippen LogP contribution >= 0.6 is 0 Å². The first-order valence-corrected chi connectivity index (χ1v) is 5.65. The molecule has 0 aliphatic carbocycles. The van der Waals surface area contributed by atoms with Crippen molar-refractivity contribution in [2.45, 2.75) is 33.2 Å². The topological polar surface area (TPSA) is 57.0 Å². The van der Waals surface area contributed by atoms with E-state index in [1.807, 2.05) is 13.0 Å². The van der Waals surface area contributed by atoms with Crippen molar-refractivity contribution in [2.75, 3.05) is 11.4 Å². The van der Waals surface area contributed by atoms with Crippen molar-refractivity contribution in [2.24, 2.45) is 0 Å². The molecule has 0 spiro atoms. The van der Waals surface area contributed by atoms with E-state index in [0.717, 1.165) is 17.7 Å². The lowest BCUT2D eigenvalue weighted by molar-refractivity contribution is 0.112. The van der Waals surface area contributed by atoms with Crippen LogP contribution in [0.3, 0.4) is 0 Å². The molecule has 17 heavy (non-hydrogen) atoms. The summed E-state index contributed by atoms with van der Waals surface area (Å²) in [6.45, 7) is 6.71. The molecule has 4 heteroatoms. The lowest BCUT2D eigenvalue weighted by Gasteiger charge is -2.28. The maximum Gasteiger partial charge on any atom is 0.151 e. The Morgan fingerprint density at radius 1 is 1.59 bits per heavy atom. The number of hydrogen-bond donors (Lipinski definition) is 0. The molecule has 90 valence electrons. The molecule has 1 heterocycles. The second-order valence-electron chi connectivity index (χ2n) is 4.22. The number of aryl methyl sites for hydroxylation is 1. The molecule has 0 aliphatic rings. The van der Waals surface area contributed by atoms with Gasteiger partial charge in [0.2, 0.25) is 0 Å². The van der Waals surface area contributed by atoms with Crippen LogP contribution in [-0.4, -0.2) is 23.9 Å². The van der Waals surface area contributed by atoms with Gasteiger partial charge in [-0.1, -0.05) is 0 Å². The van der Waals surface area contributed by atoms with Crippen LogP contribution in [0.25, 0.3) is 0 Å². The van der Waals surface area contributed by atoms with Gasteiger partial charge in [-0.05, 0) is 32.4 Å². The molecule has 1 rings (SSSR count). The molecule has 0 unspecified atom stereocenters. The van der Waals surface area contributed by atoms with Gasteiger partial charge < -0.3 is 4.90 Å². The van der Waals surface area contributed by atoms with Gasteiger partial charge in [-0.25, -0.2) is 4.98 Å². The SMILES string of the molecule is Cc1cc(C=O)cnc1N(CCC#N)C(C)C. The quantitative estimate of drug-likeness (QED) is 0.730. The average molecular weight is 231 g/mol. The molecule has 0 bridgehead atoms. The van der Waals surface area contributed by atoms with Gasteiger partial charge in [-0.3, -0.25) is 4.79 Å². The molecular formula is C13H17N3O. The van der Waals surface area contributed by atoms with Gasteiger partial charge in [0.05, 0.1) is 12.5 Å². The van der Waals surface area contributed by atoms with Gasteiger partial charge >= 0.3 is 0 Å². The first-order chi connectivity index (χ1) is 8.10. The number of nitriles is 1. The predicted octanol–water partition coefficient (Wildman–Crippen LogP) is 2.33. The Labute approximate surface area is 102 Å². The average Bonchev–Trinajstić information content (AvgIpc) is 2.30. The van der Waals surface area contributed by atoms with Crippen LogP contribution < -0.4 is 4.90 Å². The zero-order chi connectivity index (χ0) is 12.8. The number of aromatic nitrogens is 1. The number of hydrogen-bond acceptors (Lipinski definition) is 4. The lowest BCUT2D eigenvalue weighted by Crippen LogP contribution is -2.33. The van der Waals surface area contributed by atoms with E-state index in [-0.39, 0.29) is 6.04 Å². The summed E-state index contributed by atoms with van der Waals surface area (Å²) in [7, 11) is 0. The van der Waals surface area contributed by atoms with E-state index in [0.29, 0.717) is 18.5 Å². The monoisotopic (exact) mass is 231 g/mol. The van der Waals surface area contributed by atoms with Crippen LogP contribution in [0.2, 0.25) is 0 Å². The first-order valence-electron chi connectivity index (χ1n) is 5.65. The summed E-state index contributed by atoms with van der Waals surface area (Å²) in [5, 5.41) is 8.65. The molecule has 0 saturated carbocycles. The van der Waals surface area contributed by atoms with Gasteiger partial charge in [0.1, 0.15) is 5.82 Å². The van der Waals surface area contributed by atoms with Gasteiger partial charge in [0.25, 0.3) is 0 Å². The summed E-state index contributed by atoms with van der Waals surface area (Å²) in [5.74, 6) is 0.848. The molecule has 0 fully saturated rings. The second-order valence-corrected chi connectivity index (χ2v) is 4.22. The zero-order valence-electron chi connectivity index (χ0n) is 10.5. The molecule has 0 saturated heterocycles. The Bertz CT molecular complexity index is 435. The Kier molecular flexibility index (Phi) is 4.65. The van der Waals surface area contributed by atoms with E-state index >= 15 is 0 Å². The maximum absolute atomic E-state index is 10.6. The van der Waals surface area contributed by atoms with Gasteiger partial charge in [0, 0.05) is 24.3 Å². The third-order valence-electron chi connectivity index (χ3n) is 2.57. The van der Waals surface area contributed by atoms with E-state index in [1.54, 1.807) is 6.20 Å². The summed E-state index contributed by atoms with van der Waals surface area (Å²) in [5.41, 5.74) is 1.54. The summed E-state index contributed by atoms with van der Waals surface area (Å²) in [6, 6.07) is 4.23. The highest BCUT2D eigenvalue weighted by Crippen LogP contribution is 2.19. The molecule has 0 N–H and O–H groups in total. The molecule has 0 radical (unpaired) electrons. The highest BCUT2D eigenvalue weighted by atomic mass is 16.1. The van der Waals surface area contributed by atoms with Gasteiger partial charge in [-0.15, -0.1) is 0 Å². The lowest BCUT2D eigenvalue weighted by atomic mass is 10.2. The van der Waals surface area contributed by atoms with E-state index in [4.69, 9.17) is 5.26 Å². The van der Waals surface area contributed by atoms with Crippen LogP contribution in [0.1, 0.15) is 36.2 Å². The summed E-state index contributed by atoms with van der Waals surface area (Å²) in [4.78, 5) is 17.0. The van der Waals surface area contributed by atoms with E-state index < -0.39 is 0 Å². The Balaban J connectivity index is 3.02. The smallest absolute Gasteiger partial charge is 0.151 e. The molecule has 0 aromatic carbocycles. The molecule has 1 aromatic rings. The third-order valence-corrected chi connectivity index (χ3v) is 2.57. The fourth-order valence-corrected chi connectivity index (χ4v) is 1.73. The molecule has 1 aromatic heterocycles. The van der Waals surface area contributed by atoms with Crippen LogP contribution in [0.5, 0.6) is 0 Å². The number of rotatable bonds is 5. The van der Waals surface area contributed by atoms with Crippen LogP contribution in [0.4, 0.5) is 5.82 Å². The Hall–Kier alpha value is -1.89. The summed E-state index contributed by atoms with van der Waals surface area (Å²) < 4.78 is 0. The number of pyridine rings is 1. The van der Waals surface area contributed by atoms with Crippen LogP contribution in [0, 0.1) is 18.3 Å². The minimum absolute atomic E-state index is 0.275. The van der Waals surface area contributed by atoms with Gasteiger partial charge in [-0.2, -0.15) is 5.26 Å². The fraction of sp³-hybridized carbons (Fsp3) is 0.462.